The maximum Gasteiger partial charge on any atom is 0.332 e. The molecule has 2 atom stereocenters. The highest BCUT2D eigenvalue weighted by Crippen LogP contribution is 2.09. The first-order valence-electron chi connectivity index (χ1n) is 5.58. The van der Waals surface area contributed by atoms with E-state index < -0.39 is 30.1 Å². The minimum absolute atomic E-state index is 0.0655. The Morgan fingerprint density at radius 2 is 2.11 bits per heavy atom. The van der Waals surface area contributed by atoms with Crippen molar-refractivity contribution >= 4 is 23.8 Å². The largest absolute Gasteiger partial charge is 0.479 e. The van der Waals surface area contributed by atoms with Gasteiger partial charge in [-0.25, -0.2) is 9.59 Å². The lowest BCUT2D eigenvalue weighted by Crippen LogP contribution is -2.46. The van der Waals surface area contributed by atoms with E-state index in [1.54, 1.807) is 0 Å². The van der Waals surface area contributed by atoms with E-state index in [2.05, 4.69) is 10.6 Å². The molecule has 0 spiro atoms. The Hall–Kier alpha value is -2.16. The third-order valence-electron chi connectivity index (χ3n) is 2.68. The lowest BCUT2D eigenvalue weighted by molar-refractivity contribution is -0.146. The highest BCUT2D eigenvalue weighted by atomic mass is 16.4. The Morgan fingerprint density at radius 1 is 1.47 bits per heavy atom. The molecule has 1 fully saturated rings. The van der Waals surface area contributed by atoms with E-state index in [1.807, 2.05) is 0 Å². The summed E-state index contributed by atoms with van der Waals surface area (Å²) in [6.45, 7) is -0.0655. The first-order valence-corrected chi connectivity index (χ1v) is 5.58. The van der Waals surface area contributed by atoms with Crippen LogP contribution in [-0.4, -0.2) is 64.7 Å². The molecule has 0 aromatic rings. The number of carboxylic acid groups (broad SMARTS) is 1. The molecular weight excluding hydrogens is 258 g/mol. The van der Waals surface area contributed by atoms with Crippen molar-refractivity contribution < 1.29 is 29.4 Å². The van der Waals surface area contributed by atoms with Gasteiger partial charge in [-0.1, -0.05) is 0 Å². The Bertz CT molecular complexity index is 410. The van der Waals surface area contributed by atoms with Gasteiger partial charge in [-0.05, 0) is 0 Å². The molecule has 1 rings (SSSR count). The molecular formula is C10H15N3O6. The van der Waals surface area contributed by atoms with E-state index in [-0.39, 0.29) is 25.3 Å². The normalized spacial score (nSPS) is 20.3. The van der Waals surface area contributed by atoms with Crippen LogP contribution >= 0.6 is 0 Å². The van der Waals surface area contributed by atoms with Crippen LogP contribution in [0.2, 0.25) is 0 Å². The number of likely N-dealkylation sites (tertiary alicyclic amines) is 1. The van der Waals surface area contributed by atoms with Crippen molar-refractivity contribution in [2.75, 3.05) is 13.6 Å². The Labute approximate surface area is 108 Å². The zero-order chi connectivity index (χ0) is 14.6. The number of nitrogens with zero attached hydrogens (tertiary/aromatic N) is 1. The molecule has 4 N–H and O–H groups in total. The Kier molecular flexibility index (Phi) is 4.81. The predicted molar refractivity (Wildman–Crippen MR) is 61.0 cm³/mol. The SMILES string of the molecule is CN1C(=O)CC(NC(=O)NCC[C@H](O)C(=O)O)C1=O. The van der Waals surface area contributed by atoms with Crippen molar-refractivity contribution in [1.29, 1.82) is 0 Å². The zero-order valence-corrected chi connectivity index (χ0v) is 10.3. The maximum atomic E-state index is 11.5. The summed E-state index contributed by atoms with van der Waals surface area (Å²) in [4.78, 5) is 45.3. The van der Waals surface area contributed by atoms with E-state index in [4.69, 9.17) is 10.2 Å². The van der Waals surface area contributed by atoms with Crippen LogP contribution in [0, 0.1) is 0 Å². The van der Waals surface area contributed by atoms with Gasteiger partial charge in [0.1, 0.15) is 6.04 Å². The number of hydrogen-bond acceptors (Lipinski definition) is 5. The van der Waals surface area contributed by atoms with E-state index in [1.165, 1.54) is 7.05 Å². The summed E-state index contributed by atoms with van der Waals surface area (Å²) in [7, 11) is 1.33. The first-order chi connectivity index (χ1) is 8.82. The number of aliphatic hydroxyl groups excluding tert-OH is 1. The third kappa shape index (κ3) is 3.91. The minimum atomic E-state index is -1.55. The molecule has 1 unspecified atom stereocenters. The third-order valence-corrected chi connectivity index (χ3v) is 2.68. The lowest BCUT2D eigenvalue weighted by Gasteiger charge is -2.12. The summed E-state index contributed by atoms with van der Waals surface area (Å²) in [6.07, 6.45) is -1.80. The average molecular weight is 273 g/mol. The molecule has 1 heterocycles. The summed E-state index contributed by atoms with van der Waals surface area (Å²) in [5.41, 5.74) is 0. The van der Waals surface area contributed by atoms with Gasteiger partial charge in [0.05, 0.1) is 6.42 Å². The fraction of sp³-hybridized carbons (Fsp3) is 0.600. The molecule has 0 saturated carbocycles. The van der Waals surface area contributed by atoms with Crippen LogP contribution in [0.25, 0.3) is 0 Å². The molecule has 0 bridgehead atoms. The fourth-order valence-corrected chi connectivity index (χ4v) is 1.52. The smallest absolute Gasteiger partial charge is 0.332 e. The molecule has 0 aromatic carbocycles. The number of urea groups is 1. The number of imide groups is 1. The number of amides is 4. The van der Waals surface area contributed by atoms with E-state index in [9.17, 15) is 19.2 Å². The average Bonchev–Trinajstić information content (AvgIpc) is 2.56. The number of carbonyl (C=O) groups excluding carboxylic acids is 3. The van der Waals surface area contributed by atoms with Crippen molar-refractivity contribution in [3.63, 3.8) is 0 Å². The summed E-state index contributed by atoms with van der Waals surface area (Å²) < 4.78 is 0. The molecule has 106 valence electrons. The molecule has 19 heavy (non-hydrogen) atoms. The first kappa shape index (κ1) is 14.9. The maximum absolute atomic E-state index is 11.5. The van der Waals surface area contributed by atoms with Crippen LogP contribution in [-0.2, 0) is 14.4 Å². The molecule has 1 saturated heterocycles. The van der Waals surface area contributed by atoms with Gasteiger partial charge in [0, 0.05) is 20.0 Å². The number of aliphatic hydroxyl groups is 1. The lowest BCUT2D eigenvalue weighted by atomic mass is 10.2. The van der Waals surface area contributed by atoms with Crippen LogP contribution in [0.4, 0.5) is 4.79 Å². The highest BCUT2D eigenvalue weighted by molar-refractivity contribution is 6.06. The molecule has 0 aromatic heterocycles. The van der Waals surface area contributed by atoms with Gasteiger partial charge in [0.2, 0.25) is 5.91 Å². The summed E-state index contributed by atoms with van der Waals surface area (Å²) in [6, 6.07) is -1.60. The summed E-state index contributed by atoms with van der Waals surface area (Å²) >= 11 is 0. The van der Waals surface area contributed by atoms with Gasteiger partial charge >= 0.3 is 12.0 Å². The highest BCUT2D eigenvalue weighted by Gasteiger charge is 2.36. The molecule has 9 nitrogen and oxygen atoms in total. The Morgan fingerprint density at radius 3 is 2.58 bits per heavy atom. The molecule has 1 aliphatic rings. The second-order valence-corrected chi connectivity index (χ2v) is 4.09. The molecule has 0 aliphatic carbocycles. The van der Waals surface area contributed by atoms with Gasteiger partial charge in [0.25, 0.3) is 5.91 Å². The predicted octanol–water partition coefficient (Wildman–Crippen LogP) is -2.12. The summed E-state index contributed by atoms with van der Waals surface area (Å²) in [5.74, 6) is -2.25. The number of hydrogen-bond donors (Lipinski definition) is 4. The quantitative estimate of drug-likeness (QED) is 0.423. The van der Waals surface area contributed by atoms with Crippen LogP contribution in [0.1, 0.15) is 12.8 Å². The molecule has 1 aliphatic heterocycles. The van der Waals surface area contributed by atoms with Crippen molar-refractivity contribution in [2.45, 2.75) is 25.0 Å². The summed E-state index contributed by atoms with van der Waals surface area (Å²) in [5, 5.41) is 22.0. The fourth-order valence-electron chi connectivity index (χ4n) is 1.52. The van der Waals surface area contributed by atoms with Gasteiger partial charge in [-0.3, -0.25) is 14.5 Å². The van der Waals surface area contributed by atoms with E-state index in [0.29, 0.717) is 0 Å². The topological polar surface area (TPSA) is 136 Å². The number of aliphatic carboxylic acids is 1. The van der Waals surface area contributed by atoms with E-state index in [0.717, 1.165) is 4.90 Å². The van der Waals surface area contributed by atoms with Crippen molar-refractivity contribution in [2.24, 2.45) is 0 Å². The van der Waals surface area contributed by atoms with Crippen LogP contribution in [0.5, 0.6) is 0 Å². The molecule has 0 radical (unpaired) electrons. The van der Waals surface area contributed by atoms with Gasteiger partial charge < -0.3 is 20.8 Å². The number of carboxylic acids is 1. The van der Waals surface area contributed by atoms with Gasteiger partial charge in [0.15, 0.2) is 6.10 Å². The van der Waals surface area contributed by atoms with Gasteiger partial charge in [-0.15, -0.1) is 0 Å². The number of nitrogens with one attached hydrogen (secondary N) is 2. The molecule has 4 amide bonds. The molecule has 9 heteroatoms. The standard InChI is InChI=1S/C10H15N3O6/c1-13-7(15)4-5(8(13)16)12-10(19)11-3-2-6(14)9(17)18/h5-6,14H,2-4H2,1H3,(H,17,18)(H2,11,12,19)/t5?,6-/m0/s1. The Balaban J connectivity index is 2.31. The number of likely N-dealkylation sites (N-methyl/N-ethyl adjacent to an activating group) is 1. The van der Waals surface area contributed by atoms with E-state index >= 15 is 0 Å². The van der Waals surface area contributed by atoms with Crippen molar-refractivity contribution in [3.8, 4) is 0 Å². The minimum Gasteiger partial charge on any atom is -0.479 e. The number of carbonyl (C=O) groups is 4. The number of rotatable bonds is 5. The van der Waals surface area contributed by atoms with Crippen LogP contribution in [0.3, 0.4) is 0 Å². The van der Waals surface area contributed by atoms with Crippen molar-refractivity contribution in [3.05, 3.63) is 0 Å². The van der Waals surface area contributed by atoms with Crippen molar-refractivity contribution in [1.82, 2.24) is 15.5 Å². The monoisotopic (exact) mass is 273 g/mol. The zero-order valence-electron chi connectivity index (χ0n) is 10.3. The van der Waals surface area contributed by atoms with Crippen LogP contribution < -0.4 is 10.6 Å². The second kappa shape index (κ2) is 6.14. The second-order valence-electron chi connectivity index (χ2n) is 4.09. The van der Waals surface area contributed by atoms with Gasteiger partial charge in [-0.2, -0.15) is 0 Å². The van der Waals surface area contributed by atoms with Crippen LogP contribution in [0.15, 0.2) is 0 Å².